The van der Waals surface area contributed by atoms with E-state index in [4.69, 9.17) is 9.88 Å². The number of hydrogen-bond donors (Lipinski definition) is 3. The molecule has 21 heavy (non-hydrogen) atoms. The molecule has 1 fully saturated rings. The van der Waals surface area contributed by atoms with Crippen molar-refractivity contribution in [2.45, 2.75) is 23.8 Å². The second kappa shape index (κ2) is 6.42. The van der Waals surface area contributed by atoms with Gasteiger partial charge < -0.3 is 15.4 Å². The number of piperidine rings is 1. The molecule has 0 aliphatic carbocycles. The van der Waals surface area contributed by atoms with Crippen LogP contribution in [0, 0.1) is 0 Å². The van der Waals surface area contributed by atoms with Gasteiger partial charge in [0.05, 0.1) is 17.6 Å². The van der Waals surface area contributed by atoms with E-state index in [9.17, 15) is 13.2 Å². The van der Waals surface area contributed by atoms with E-state index in [2.05, 4.69) is 10.6 Å². The maximum Gasteiger partial charge on any atom is 0.255 e. The minimum atomic E-state index is -3.86. The van der Waals surface area contributed by atoms with Crippen LogP contribution >= 0.6 is 0 Å². The van der Waals surface area contributed by atoms with Gasteiger partial charge in [-0.1, -0.05) is 0 Å². The fourth-order valence-corrected chi connectivity index (χ4v) is 2.82. The molecule has 116 valence electrons. The van der Waals surface area contributed by atoms with Gasteiger partial charge in [-0.05, 0) is 37.6 Å². The van der Waals surface area contributed by atoms with Crippen LogP contribution in [0.1, 0.15) is 23.2 Å². The smallest absolute Gasteiger partial charge is 0.255 e. The van der Waals surface area contributed by atoms with Crippen molar-refractivity contribution in [3.63, 3.8) is 0 Å². The SMILES string of the molecule is COc1ccc(S(N)(=O)=O)cc1C(=O)N[C@H]1CCCNC1. The molecule has 0 bridgehead atoms. The van der Waals surface area contributed by atoms with E-state index < -0.39 is 10.0 Å². The molecule has 1 heterocycles. The Morgan fingerprint density at radius 2 is 2.24 bits per heavy atom. The van der Waals surface area contributed by atoms with Crippen LogP contribution in [0.5, 0.6) is 5.75 Å². The van der Waals surface area contributed by atoms with Crippen LogP contribution < -0.4 is 20.5 Å². The third-order valence-corrected chi connectivity index (χ3v) is 4.29. The van der Waals surface area contributed by atoms with Crippen LogP contribution in [0.25, 0.3) is 0 Å². The molecule has 1 aromatic carbocycles. The summed E-state index contributed by atoms with van der Waals surface area (Å²) in [6.07, 6.45) is 1.87. The number of benzene rings is 1. The highest BCUT2D eigenvalue weighted by Gasteiger charge is 2.21. The Labute approximate surface area is 123 Å². The maximum absolute atomic E-state index is 12.3. The number of carbonyl (C=O) groups excluding carboxylic acids is 1. The number of carbonyl (C=O) groups is 1. The number of nitrogens with two attached hydrogens (primary N) is 1. The van der Waals surface area contributed by atoms with Gasteiger partial charge >= 0.3 is 0 Å². The molecule has 1 aliphatic rings. The Kier molecular flexibility index (Phi) is 4.81. The predicted octanol–water partition coefficient (Wildman–Crippen LogP) is -0.176. The Morgan fingerprint density at radius 1 is 1.48 bits per heavy atom. The standard InChI is InChI=1S/C13H19N3O4S/c1-20-12-5-4-10(21(14,18)19)7-11(12)13(17)16-9-3-2-6-15-8-9/h4-5,7,9,15H,2-3,6,8H2,1H3,(H,16,17)(H2,14,18,19)/t9-/m0/s1. The summed E-state index contributed by atoms with van der Waals surface area (Å²) in [6, 6.07) is 4.00. The Bertz CT molecular complexity index is 624. The van der Waals surface area contributed by atoms with Gasteiger partial charge in [0.1, 0.15) is 5.75 Å². The minimum absolute atomic E-state index is 0.0223. The first-order valence-corrected chi connectivity index (χ1v) is 8.19. The zero-order chi connectivity index (χ0) is 15.5. The summed E-state index contributed by atoms with van der Waals surface area (Å²) in [4.78, 5) is 12.2. The molecular formula is C13H19N3O4S. The van der Waals surface area contributed by atoms with Crippen molar-refractivity contribution in [2.24, 2.45) is 5.14 Å². The summed E-state index contributed by atoms with van der Waals surface area (Å²) in [5.41, 5.74) is 0.162. The monoisotopic (exact) mass is 313 g/mol. The van der Waals surface area contributed by atoms with E-state index in [1.54, 1.807) is 0 Å². The molecule has 0 unspecified atom stereocenters. The largest absolute Gasteiger partial charge is 0.496 e. The quantitative estimate of drug-likeness (QED) is 0.714. The topological polar surface area (TPSA) is 111 Å². The van der Waals surface area contributed by atoms with E-state index in [0.717, 1.165) is 19.4 Å². The van der Waals surface area contributed by atoms with Crippen molar-refractivity contribution in [1.29, 1.82) is 0 Å². The van der Waals surface area contributed by atoms with Gasteiger partial charge in [0.25, 0.3) is 5.91 Å². The van der Waals surface area contributed by atoms with Crippen molar-refractivity contribution in [1.82, 2.24) is 10.6 Å². The molecule has 1 aromatic rings. The lowest BCUT2D eigenvalue weighted by Crippen LogP contribution is -2.45. The fourth-order valence-electron chi connectivity index (χ4n) is 2.28. The zero-order valence-electron chi connectivity index (χ0n) is 11.8. The van der Waals surface area contributed by atoms with E-state index in [1.165, 1.54) is 25.3 Å². The summed E-state index contributed by atoms with van der Waals surface area (Å²) >= 11 is 0. The number of nitrogens with one attached hydrogen (secondary N) is 2. The number of amides is 1. The molecule has 0 aromatic heterocycles. The fraction of sp³-hybridized carbons (Fsp3) is 0.462. The first-order valence-electron chi connectivity index (χ1n) is 6.64. The second-order valence-electron chi connectivity index (χ2n) is 4.92. The summed E-state index contributed by atoms with van der Waals surface area (Å²) in [7, 11) is -2.44. The van der Waals surface area contributed by atoms with Gasteiger partial charge in [0, 0.05) is 12.6 Å². The average molecular weight is 313 g/mol. The molecular weight excluding hydrogens is 294 g/mol. The van der Waals surface area contributed by atoms with Crippen molar-refractivity contribution < 1.29 is 17.9 Å². The van der Waals surface area contributed by atoms with Gasteiger partial charge in [0.2, 0.25) is 10.0 Å². The molecule has 0 spiro atoms. The lowest BCUT2D eigenvalue weighted by molar-refractivity contribution is 0.0927. The summed E-state index contributed by atoms with van der Waals surface area (Å²) < 4.78 is 27.9. The van der Waals surface area contributed by atoms with Crippen LogP contribution in [-0.2, 0) is 10.0 Å². The van der Waals surface area contributed by atoms with Crippen LogP contribution in [0.2, 0.25) is 0 Å². The minimum Gasteiger partial charge on any atom is -0.496 e. The van der Waals surface area contributed by atoms with Crippen LogP contribution in [0.4, 0.5) is 0 Å². The summed E-state index contributed by atoms with van der Waals surface area (Å²) in [5, 5.41) is 11.2. The van der Waals surface area contributed by atoms with Crippen LogP contribution in [0.15, 0.2) is 23.1 Å². The van der Waals surface area contributed by atoms with Gasteiger partial charge in [-0.15, -0.1) is 0 Å². The molecule has 0 radical (unpaired) electrons. The van der Waals surface area contributed by atoms with E-state index >= 15 is 0 Å². The van der Waals surface area contributed by atoms with Gasteiger partial charge in [-0.25, -0.2) is 13.6 Å². The predicted molar refractivity (Wildman–Crippen MR) is 77.7 cm³/mol. The Hall–Kier alpha value is -1.64. The lowest BCUT2D eigenvalue weighted by atomic mass is 10.1. The number of sulfonamides is 1. The number of ether oxygens (including phenoxy) is 1. The van der Waals surface area contributed by atoms with E-state index in [-0.39, 0.29) is 22.4 Å². The summed E-state index contributed by atoms with van der Waals surface area (Å²) in [6.45, 7) is 1.64. The summed E-state index contributed by atoms with van der Waals surface area (Å²) in [5.74, 6) is -0.0604. The number of primary sulfonamides is 1. The van der Waals surface area contributed by atoms with Crippen LogP contribution in [0.3, 0.4) is 0 Å². The molecule has 1 amide bonds. The molecule has 8 heteroatoms. The highest BCUT2D eigenvalue weighted by atomic mass is 32.2. The van der Waals surface area contributed by atoms with Crippen molar-refractivity contribution in [3.8, 4) is 5.75 Å². The molecule has 1 atom stereocenters. The highest BCUT2D eigenvalue weighted by molar-refractivity contribution is 7.89. The molecule has 2 rings (SSSR count). The Balaban J connectivity index is 2.25. The third kappa shape index (κ3) is 3.93. The van der Waals surface area contributed by atoms with E-state index in [0.29, 0.717) is 12.3 Å². The first-order chi connectivity index (χ1) is 9.91. The molecule has 1 saturated heterocycles. The van der Waals surface area contributed by atoms with Gasteiger partial charge in [-0.3, -0.25) is 4.79 Å². The Morgan fingerprint density at radius 3 is 2.81 bits per heavy atom. The highest BCUT2D eigenvalue weighted by Crippen LogP contribution is 2.22. The molecule has 0 saturated carbocycles. The zero-order valence-corrected chi connectivity index (χ0v) is 12.6. The van der Waals surface area contributed by atoms with Gasteiger partial charge in [0.15, 0.2) is 0 Å². The molecule has 4 N–H and O–H groups in total. The number of rotatable bonds is 4. The molecule has 7 nitrogen and oxygen atoms in total. The van der Waals surface area contributed by atoms with Crippen LogP contribution in [-0.4, -0.2) is 40.6 Å². The number of hydrogen-bond acceptors (Lipinski definition) is 5. The second-order valence-corrected chi connectivity index (χ2v) is 6.49. The maximum atomic E-state index is 12.3. The number of methoxy groups -OCH3 is 1. The van der Waals surface area contributed by atoms with Crippen molar-refractivity contribution in [3.05, 3.63) is 23.8 Å². The van der Waals surface area contributed by atoms with E-state index in [1.807, 2.05) is 0 Å². The van der Waals surface area contributed by atoms with Crippen molar-refractivity contribution in [2.75, 3.05) is 20.2 Å². The molecule has 1 aliphatic heterocycles. The van der Waals surface area contributed by atoms with Gasteiger partial charge in [-0.2, -0.15) is 0 Å². The third-order valence-electron chi connectivity index (χ3n) is 3.38. The normalized spacial score (nSPS) is 19.0. The lowest BCUT2D eigenvalue weighted by Gasteiger charge is -2.24. The first kappa shape index (κ1) is 15.7. The average Bonchev–Trinajstić information content (AvgIpc) is 2.46. The van der Waals surface area contributed by atoms with Crippen molar-refractivity contribution >= 4 is 15.9 Å².